The maximum Gasteiger partial charge on any atom is 0.248 e. The summed E-state index contributed by atoms with van der Waals surface area (Å²) in [6.07, 6.45) is 2.96. The average molecular weight is 252 g/mol. The van der Waals surface area contributed by atoms with E-state index in [0.29, 0.717) is 5.92 Å². The minimum atomic E-state index is -0.783. The molecule has 102 valence electrons. The predicted octanol–water partition coefficient (Wildman–Crippen LogP) is 1.69. The van der Waals surface area contributed by atoms with Crippen molar-refractivity contribution in [2.45, 2.75) is 71.0 Å². The molecule has 18 heavy (non-hydrogen) atoms. The van der Waals surface area contributed by atoms with Gasteiger partial charge < -0.3 is 10.2 Å². The molecule has 0 bridgehead atoms. The molecule has 2 aliphatic rings. The SMILES string of the molecule is CCC(C)N1C(=O)C(C)(C)NC(=O)C1(C)C1CC1. The summed E-state index contributed by atoms with van der Waals surface area (Å²) < 4.78 is 0. The van der Waals surface area contributed by atoms with Crippen molar-refractivity contribution in [1.82, 2.24) is 10.2 Å². The van der Waals surface area contributed by atoms with Gasteiger partial charge in [-0.1, -0.05) is 6.92 Å². The molecule has 4 heteroatoms. The van der Waals surface area contributed by atoms with Crippen LogP contribution < -0.4 is 5.32 Å². The van der Waals surface area contributed by atoms with Crippen molar-refractivity contribution < 1.29 is 9.59 Å². The number of nitrogens with zero attached hydrogens (tertiary/aromatic N) is 1. The van der Waals surface area contributed by atoms with Gasteiger partial charge in [-0.05, 0) is 52.9 Å². The quantitative estimate of drug-likeness (QED) is 0.831. The summed E-state index contributed by atoms with van der Waals surface area (Å²) in [7, 11) is 0. The molecule has 1 saturated heterocycles. The highest BCUT2D eigenvalue weighted by Gasteiger charge is 2.59. The lowest BCUT2D eigenvalue weighted by molar-refractivity contribution is -0.165. The first kappa shape index (κ1) is 13.4. The van der Waals surface area contributed by atoms with Crippen molar-refractivity contribution >= 4 is 11.8 Å². The first-order valence-corrected chi connectivity index (χ1v) is 6.91. The van der Waals surface area contributed by atoms with Crippen molar-refractivity contribution in [3.8, 4) is 0 Å². The number of carbonyl (C=O) groups is 2. The zero-order valence-electron chi connectivity index (χ0n) is 12.0. The molecule has 0 aromatic carbocycles. The summed E-state index contributed by atoms with van der Waals surface area (Å²) in [5.41, 5.74) is -1.43. The Balaban J connectivity index is 2.43. The highest BCUT2D eigenvalue weighted by atomic mass is 16.2. The van der Waals surface area contributed by atoms with Gasteiger partial charge in [-0.3, -0.25) is 9.59 Å². The van der Waals surface area contributed by atoms with Crippen LogP contribution in [0.5, 0.6) is 0 Å². The first-order valence-electron chi connectivity index (χ1n) is 6.91. The molecule has 2 fully saturated rings. The van der Waals surface area contributed by atoms with Gasteiger partial charge in [0.05, 0.1) is 0 Å². The lowest BCUT2D eigenvalue weighted by Crippen LogP contribution is -2.75. The van der Waals surface area contributed by atoms with Crippen molar-refractivity contribution in [2.75, 3.05) is 0 Å². The third-order valence-corrected chi connectivity index (χ3v) is 4.54. The van der Waals surface area contributed by atoms with Crippen molar-refractivity contribution in [3.63, 3.8) is 0 Å². The van der Waals surface area contributed by atoms with Crippen LogP contribution in [0.3, 0.4) is 0 Å². The highest BCUT2D eigenvalue weighted by molar-refractivity contribution is 6.02. The summed E-state index contributed by atoms with van der Waals surface area (Å²) in [6, 6.07) is 0.105. The van der Waals surface area contributed by atoms with Crippen LogP contribution in [0, 0.1) is 5.92 Å². The number of rotatable bonds is 3. The second kappa shape index (κ2) is 3.97. The Morgan fingerprint density at radius 2 is 1.89 bits per heavy atom. The maximum absolute atomic E-state index is 12.7. The van der Waals surface area contributed by atoms with Crippen LogP contribution in [0.25, 0.3) is 0 Å². The second-order valence-corrected chi connectivity index (χ2v) is 6.43. The molecule has 2 rings (SSSR count). The van der Waals surface area contributed by atoms with E-state index < -0.39 is 11.1 Å². The van der Waals surface area contributed by atoms with Gasteiger partial charge in [0.15, 0.2) is 0 Å². The van der Waals surface area contributed by atoms with Crippen LogP contribution >= 0.6 is 0 Å². The molecular formula is C14H24N2O2. The van der Waals surface area contributed by atoms with Crippen LogP contribution in [-0.4, -0.2) is 33.8 Å². The Bertz CT molecular complexity index is 387. The van der Waals surface area contributed by atoms with Gasteiger partial charge in [0.25, 0.3) is 0 Å². The van der Waals surface area contributed by atoms with Gasteiger partial charge in [0.1, 0.15) is 11.1 Å². The minimum absolute atomic E-state index is 0.00917. The molecule has 2 atom stereocenters. The molecule has 2 amide bonds. The van der Waals surface area contributed by atoms with E-state index in [0.717, 1.165) is 19.3 Å². The fourth-order valence-corrected chi connectivity index (χ4v) is 2.95. The molecule has 1 aliphatic heterocycles. The third-order valence-electron chi connectivity index (χ3n) is 4.54. The van der Waals surface area contributed by atoms with Gasteiger partial charge in [-0.15, -0.1) is 0 Å². The van der Waals surface area contributed by atoms with Gasteiger partial charge >= 0.3 is 0 Å². The molecule has 1 saturated carbocycles. The lowest BCUT2D eigenvalue weighted by atomic mass is 9.83. The summed E-state index contributed by atoms with van der Waals surface area (Å²) in [5, 5.41) is 2.90. The normalized spacial score (nSPS) is 33.3. The minimum Gasteiger partial charge on any atom is -0.340 e. The summed E-state index contributed by atoms with van der Waals surface area (Å²) in [6.45, 7) is 9.60. The van der Waals surface area contributed by atoms with Crippen LogP contribution in [0.2, 0.25) is 0 Å². The zero-order valence-corrected chi connectivity index (χ0v) is 12.0. The molecule has 1 heterocycles. The van der Waals surface area contributed by atoms with E-state index in [1.165, 1.54) is 0 Å². The molecule has 0 spiro atoms. The predicted molar refractivity (Wildman–Crippen MR) is 69.9 cm³/mol. The van der Waals surface area contributed by atoms with E-state index >= 15 is 0 Å². The molecule has 0 radical (unpaired) electrons. The molecular weight excluding hydrogens is 228 g/mol. The molecule has 0 aromatic heterocycles. The van der Waals surface area contributed by atoms with Gasteiger partial charge in [0, 0.05) is 6.04 Å². The molecule has 1 aliphatic carbocycles. The number of hydrogen-bond donors (Lipinski definition) is 1. The monoisotopic (exact) mass is 252 g/mol. The molecule has 2 unspecified atom stereocenters. The standard InChI is InChI=1S/C14H24N2O2/c1-6-9(2)16-12(18)13(3,4)15-11(17)14(16,5)10-7-8-10/h9-10H,6-8H2,1-5H3,(H,15,17). The third kappa shape index (κ3) is 1.73. The second-order valence-electron chi connectivity index (χ2n) is 6.43. The average Bonchev–Trinajstić information content (AvgIpc) is 3.10. The topological polar surface area (TPSA) is 49.4 Å². The van der Waals surface area contributed by atoms with Gasteiger partial charge in [-0.2, -0.15) is 0 Å². The number of piperazine rings is 1. The van der Waals surface area contributed by atoms with Crippen molar-refractivity contribution in [1.29, 1.82) is 0 Å². The van der Waals surface area contributed by atoms with Gasteiger partial charge in [0.2, 0.25) is 11.8 Å². The number of hydrogen-bond acceptors (Lipinski definition) is 2. The van der Waals surface area contributed by atoms with E-state index in [9.17, 15) is 9.59 Å². The van der Waals surface area contributed by atoms with Crippen LogP contribution in [0.15, 0.2) is 0 Å². The smallest absolute Gasteiger partial charge is 0.248 e. The van der Waals surface area contributed by atoms with E-state index in [2.05, 4.69) is 12.2 Å². The van der Waals surface area contributed by atoms with Gasteiger partial charge in [-0.25, -0.2) is 0 Å². The number of nitrogens with one attached hydrogen (secondary N) is 1. The van der Waals surface area contributed by atoms with Crippen molar-refractivity contribution in [3.05, 3.63) is 0 Å². The lowest BCUT2D eigenvalue weighted by Gasteiger charge is -2.52. The van der Waals surface area contributed by atoms with E-state index in [-0.39, 0.29) is 17.9 Å². The van der Waals surface area contributed by atoms with Crippen LogP contribution in [0.4, 0.5) is 0 Å². The molecule has 1 N–H and O–H groups in total. The van der Waals surface area contributed by atoms with Crippen LogP contribution in [-0.2, 0) is 9.59 Å². The first-order chi connectivity index (χ1) is 8.25. The summed E-state index contributed by atoms with van der Waals surface area (Å²) in [4.78, 5) is 27.0. The molecule has 0 aromatic rings. The Hall–Kier alpha value is -1.06. The van der Waals surface area contributed by atoms with E-state index in [1.807, 2.05) is 18.7 Å². The van der Waals surface area contributed by atoms with Crippen molar-refractivity contribution in [2.24, 2.45) is 5.92 Å². The molecule has 4 nitrogen and oxygen atoms in total. The number of amides is 2. The summed E-state index contributed by atoms with van der Waals surface area (Å²) in [5.74, 6) is 0.382. The Morgan fingerprint density at radius 1 is 1.33 bits per heavy atom. The van der Waals surface area contributed by atoms with E-state index in [1.54, 1.807) is 13.8 Å². The zero-order chi connectivity index (χ0) is 13.7. The Morgan fingerprint density at radius 3 is 2.33 bits per heavy atom. The summed E-state index contributed by atoms with van der Waals surface area (Å²) >= 11 is 0. The highest BCUT2D eigenvalue weighted by Crippen LogP contribution is 2.46. The van der Waals surface area contributed by atoms with E-state index in [4.69, 9.17) is 0 Å². The fourth-order valence-electron chi connectivity index (χ4n) is 2.95. The maximum atomic E-state index is 12.7. The Labute approximate surface area is 109 Å². The number of carbonyl (C=O) groups excluding carboxylic acids is 2. The van der Waals surface area contributed by atoms with Crippen LogP contribution in [0.1, 0.15) is 53.9 Å². The Kier molecular flexibility index (Phi) is 2.95. The fraction of sp³-hybridized carbons (Fsp3) is 0.857. The largest absolute Gasteiger partial charge is 0.340 e.